The highest BCUT2D eigenvalue weighted by Crippen LogP contribution is 2.19. The minimum atomic E-state index is -0.900. The summed E-state index contributed by atoms with van der Waals surface area (Å²) in [6.45, 7) is 2.44. The van der Waals surface area contributed by atoms with Crippen molar-refractivity contribution in [2.45, 2.75) is 13.5 Å². The van der Waals surface area contributed by atoms with Gasteiger partial charge in [-0.1, -0.05) is 30.3 Å². The van der Waals surface area contributed by atoms with E-state index in [1.54, 1.807) is 12.1 Å². The summed E-state index contributed by atoms with van der Waals surface area (Å²) in [5.74, 6) is -0.0194. The third kappa shape index (κ3) is 2.05. The Hall–Kier alpha value is -2.62. The number of hydrogen-bond donors (Lipinski definition) is 1. The van der Waals surface area contributed by atoms with Gasteiger partial charge in [0.2, 0.25) is 0 Å². The fraction of sp³-hybridized carbons (Fsp3) is 0.125. The number of aromatic carboxylic acids is 1. The van der Waals surface area contributed by atoms with Crippen LogP contribution in [0.25, 0.3) is 11.0 Å². The van der Waals surface area contributed by atoms with Crippen molar-refractivity contribution < 1.29 is 9.90 Å². The molecule has 3 rings (SSSR count). The number of rotatable bonds is 3. The van der Waals surface area contributed by atoms with Crippen LogP contribution < -0.4 is 0 Å². The van der Waals surface area contributed by atoms with Crippen LogP contribution in [0.4, 0.5) is 0 Å². The van der Waals surface area contributed by atoms with Crippen LogP contribution in [0.15, 0.2) is 48.5 Å². The van der Waals surface area contributed by atoms with Gasteiger partial charge in [0.25, 0.3) is 0 Å². The summed E-state index contributed by atoms with van der Waals surface area (Å²) in [5.41, 5.74) is 3.07. The van der Waals surface area contributed by atoms with E-state index < -0.39 is 5.97 Å². The van der Waals surface area contributed by atoms with Crippen LogP contribution in [0, 0.1) is 6.92 Å². The summed E-state index contributed by atoms with van der Waals surface area (Å²) in [7, 11) is 0. The summed E-state index contributed by atoms with van der Waals surface area (Å²) in [6, 6.07) is 14.9. The van der Waals surface area contributed by atoms with Crippen molar-refractivity contribution in [2.24, 2.45) is 0 Å². The Morgan fingerprint density at radius 1 is 1.15 bits per heavy atom. The van der Waals surface area contributed by atoms with Gasteiger partial charge in [-0.05, 0) is 30.7 Å². The average molecular weight is 266 g/mol. The molecule has 1 heterocycles. The van der Waals surface area contributed by atoms with Gasteiger partial charge >= 0.3 is 5.97 Å². The maximum atomic E-state index is 11.3. The lowest BCUT2D eigenvalue weighted by atomic mass is 10.1. The number of carboxylic acids is 1. The monoisotopic (exact) mass is 266 g/mol. The topological polar surface area (TPSA) is 55.1 Å². The zero-order valence-corrected chi connectivity index (χ0v) is 11.1. The lowest BCUT2D eigenvalue weighted by Gasteiger charge is -2.09. The van der Waals surface area contributed by atoms with Crippen molar-refractivity contribution in [1.82, 2.24) is 9.55 Å². The minimum absolute atomic E-state index is 0.338. The summed E-state index contributed by atoms with van der Waals surface area (Å²) in [4.78, 5) is 15.8. The van der Waals surface area contributed by atoms with Crippen molar-refractivity contribution in [3.8, 4) is 0 Å². The molecule has 4 heteroatoms. The fourth-order valence-electron chi connectivity index (χ4n) is 2.43. The zero-order chi connectivity index (χ0) is 14.1. The highest BCUT2D eigenvalue weighted by Gasteiger charge is 2.12. The van der Waals surface area contributed by atoms with Gasteiger partial charge in [0, 0.05) is 0 Å². The number of carboxylic acid groups (broad SMARTS) is 1. The van der Waals surface area contributed by atoms with Crippen molar-refractivity contribution in [2.75, 3.05) is 0 Å². The van der Waals surface area contributed by atoms with E-state index in [9.17, 15) is 9.90 Å². The summed E-state index contributed by atoms with van der Waals surface area (Å²) < 4.78 is 2.04. The third-order valence-electron chi connectivity index (χ3n) is 3.42. The fourth-order valence-corrected chi connectivity index (χ4v) is 2.43. The number of imidazole rings is 1. The second kappa shape index (κ2) is 4.81. The first-order valence-corrected chi connectivity index (χ1v) is 6.40. The third-order valence-corrected chi connectivity index (χ3v) is 3.42. The Labute approximate surface area is 116 Å². The van der Waals surface area contributed by atoms with Crippen LogP contribution in [0.3, 0.4) is 0 Å². The first-order chi connectivity index (χ1) is 9.66. The highest BCUT2D eigenvalue weighted by molar-refractivity contribution is 5.89. The molecule has 0 unspecified atom stereocenters. The summed E-state index contributed by atoms with van der Waals surface area (Å²) in [5, 5.41) is 9.25. The smallest absolute Gasteiger partial charge is 0.336 e. The van der Waals surface area contributed by atoms with Crippen molar-refractivity contribution in [3.05, 3.63) is 65.5 Å². The number of para-hydroxylation sites is 2. The van der Waals surface area contributed by atoms with E-state index in [-0.39, 0.29) is 0 Å². The zero-order valence-electron chi connectivity index (χ0n) is 11.1. The molecule has 0 radical (unpaired) electrons. The molecule has 0 bridgehead atoms. The van der Waals surface area contributed by atoms with Gasteiger partial charge in [-0.3, -0.25) is 0 Å². The van der Waals surface area contributed by atoms with Crippen LogP contribution in [0.1, 0.15) is 21.7 Å². The largest absolute Gasteiger partial charge is 0.478 e. The molecule has 0 aliphatic rings. The van der Waals surface area contributed by atoms with E-state index in [2.05, 4.69) is 4.98 Å². The molecule has 20 heavy (non-hydrogen) atoms. The maximum absolute atomic E-state index is 11.3. The molecule has 0 fully saturated rings. The molecule has 2 aromatic carbocycles. The summed E-state index contributed by atoms with van der Waals surface area (Å²) >= 11 is 0. The highest BCUT2D eigenvalue weighted by atomic mass is 16.4. The van der Waals surface area contributed by atoms with Gasteiger partial charge in [-0.15, -0.1) is 0 Å². The molecular formula is C16H14N2O2. The second-order valence-corrected chi connectivity index (χ2v) is 4.70. The van der Waals surface area contributed by atoms with Crippen molar-refractivity contribution >= 4 is 17.0 Å². The van der Waals surface area contributed by atoms with E-state index in [0.717, 1.165) is 22.4 Å². The van der Waals surface area contributed by atoms with Crippen LogP contribution in [0.2, 0.25) is 0 Å². The summed E-state index contributed by atoms with van der Waals surface area (Å²) in [6.07, 6.45) is 0. The molecule has 0 saturated heterocycles. The van der Waals surface area contributed by atoms with Gasteiger partial charge < -0.3 is 9.67 Å². The number of carbonyl (C=O) groups is 1. The Morgan fingerprint density at radius 3 is 2.65 bits per heavy atom. The molecule has 0 saturated carbocycles. The molecule has 0 amide bonds. The molecule has 1 aromatic heterocycles. The van der Waals surface area contributed by atoms with Gasteiger partial charge in [0.1, 0.15) is 5.82 Å². The number of aromatic nitrogens is 2. The van der Waals surface area contributed by atoms with Crippen LogP contribution >= 0.6 is 0 Å². The molecule has 4 nitrogen and oxygen atoms in total. The molecule has 100 valence electrons. The molecular weight excluding hydrogens is 252 g/mol. The number of aryl methyl sites for hydroxylation is 1. The van der Waals surface area contributed by atoms with Gasteiger partial charge in [0.05, 0.1) is 23.1 Å². The van der Waals surface area contributed by atoms with Crippen LogP contribution in [-0.4, -0.2) is 20.6 Å². The van der Waals surface area contributed by atoms with Gasteiger partial charge in [0.15, 0.2) is 0 Å². The average Bonchev–Trinajstić information content (AvgIpc) is 2.76. The normalized spacial score (nSPS) is 10.8. The quantitative estimate of drug-likeness (QED) is 0.792. The van der Waals surface area contributed by atoms with Crippen molar-refractivity contribution in [1.29, 1.82) is 0 Å². The van der Waals surface area contributed by atoms with Gasteiger partial charge in [-0.2, -0.15) is 0 Å². The minimum Gasteiger partial charge on any atom is -0.478 e. The van der Waals surface area contributed by atoms with E-state index in [1.807, 2.05) is 47.9 Å². The number of nitrogens with zero attached hydrogens (tertiary/aromatic N) is 2. The maximum Gasteiger partial charge on any atom is 0.336 e. The second-order valence-electron chi connectivity index (χ2n) is 4.70. The Kier molecular flexibility index (Phi) is 2.99. The SMILES string of the molecule is Cc1nc2ccccc2n1Cc1ccccc1C(=O)O. The van der Waals surface area contributed by atoms with Crippen molar-refractivity contribution in [3.63, 3.8) is 0 Å². The van der Waals surface area contributed by atoms with E-state index in [4.69, 9.17) is 0 Å². The first kappa shape index (κ1) is 12.4. The number of hydrogen-bond acceptors (Lipinski definition) is 2. The lowest BCUT2D eigenvalue weighted by Crippen LogP contribution is -2.08. The molecule has 0 spiro atoms. The predicted molar refractivity (Wildman–Crippen MR) is 77.0 cm³/mol. The molecule has 3 aromatic rings. The Morgan fingerprint density at radius 2 is 1.85 bits per heavy atom. The standard InChI is InChI=1S/C16H14N2O2/c1-11-17-14-8-4-5-9-15(14)18(11)10-12-6-2-3-7-13(12)16(19)20/h2-9H,10H2,1H3,(H,19,20). The van der Waals surface area contributed by atoms with Gasteiger partial charge in [-0.25, -0.2) is 9.78 Å². The number of fused-ring (bicyclic) bond motifs is 1. The molecule has 0 aliphatic carbocycles. The molecule has 0 atom stereocenters. The van der Waals surface area contributed by atoms with E-state index >= 15 is 0 Å². The van der Waals surface area contributed by atoms with Crippen LogP contribution in [0.5, 0.6) is 0 Å². The lowest BCUT2D eigenvalue weighted by molar-refractivity contribution is 0.0695. The van der Waals surface area contributed by atoms with E-state index in [1.165, 1.54) is 0 Å². The number of benzene rings is 2. The Bertz CT molecular complexity index is 790. The van der Waals surface area contributed by atoms with Crippen LogP contribution in [-0.2, 0) is 6.54 Å². The Balaban J connectivity index is 2.10. The first-order valence-electron chi connectivity index (χ1n) is 6.40. The molecule has 0 aliphatic heterocycles. The van der Waals surface area contributed by atoms with E-state index in [0.29, 0.717) is 12.1 Å². The predicted octanol–water partition coefficient (Wildman–Crippen LogP) is 3.09. The molecule has 1 N–H and O–H groups in total.